The molecule has 1 aromatic carbocycles. The smallest absolute Gasteiger partial charge is 0.211 e. The van der Waals surface area contributed by atoms with Gasteiger partial charge in [0.15, 0.2) is 0 Å². The predicted octanol–water partition coefficient (Wildman–Crippen LogP) is 3.14. The third-order valence-electron chi connectivity index (χ3n) is 2.10. The average Bonchev–Trinajstić information content (AvgIpc) is 2.26. The molecule has 0 aliphatic rings. The van der Waals surface area contributed by atoms with Crippen molar-refractivity contribution < 1.29 is 18.0 Å². The highest BCUT2D eigenvalue weighted by Crippen LogP contribution is 2.29. The number of halogens is 3. The highest BCUT2D eigenvalue weighted by atomic mass is 19.4. The lowest BCUT2D eigenvalue weighted by Crippen LogP contribution is -2.04. The van der Waals surface area contributed by atoms with Crippen LogP contribution in [-0.4, -0.2) is 12.6 Å². The summed E-state index contributed by atoms with van der Waals surface area (Å²) >= 11 is 0. The zero-order valence-corrected chi connectivity index (χ0v) is 8.92. The van der Waals surface area contributed by atoms with Crippen LogP contribution in [0.25, 0.3) is 0 Å². The summed E-state index contributed by atoms with van der Waals surface area (Å²) in [6.45, 7) is 3.81. The van der Waals surface area contributed by atoms with E-state index in [-0.39, 0.29) is 6.54 Å². The molecule has 0 heterocycles. The molecule has 0 spiro atoms. The number of alkyl halides is 3. The molecule has 0 amide bonds. The molecular formula is C12H10F3NO. The van der Waals surface area contributed by atoms with Crippen LogP contribution in [-0.2, 0) is 17.4 Å². The number of isocyanates is 1. The Hall–Kier alpha value is -1.87. The standard InChI is InChI=1S/C12H10F3NO/c1-9(7-16-8-17)6-10-2-4-11(5-3-10)12(13,14)15/h2-5H,1,6-7H2. The van der Waals surface area contributed by atoms with Crippen molar-refractivity contribution in [1.29, 1.82) is 0 Å². The van der Waals surface area contributed by atoms with Gasteiger partial charge in [0.25, 0.3) is 0 Å². The first-order chi connectivity index (χ1) is 7.93. The van der Waals surface area contributed by atoms with Crippen molar-refractivity contribution in [2.75, 3.05) is 6.54 Å². The van der Waals surface area contributed by atoms with Gasteiger partial charge in [-0.15, -0.1) is 0 Å². The molecule has 0 aromatic heterocycles. The molecule has 1 rings (SSSR count). The second-order valence-corrected chi connectivity index (χ2v) is 3.53. The van der Waals surface area contributed by atoms with Gasteiger partial charge in [0.1, 0.15) is 0 Å². The number of carbonyl (C=O) groups excluding carboxylic acids is 1. The lowest BCUT2D eigenvalue weighted by molar-refractivity contribution is -0.137. The number of rotatable bonds is 4. The van der Waals surface area contributed by atoms with Gasteiger partial charge in [0.2, 0.25) is 6.08 Å². The minimum atomic E-state index is -4.32. The number of aliphatic imine (C=N–C) groups is 1. The largest absolute Gasteiger partial charge is 0.416 e. The van der Waals surface area contributed by atoms with Crippen molar-refractivity contribution in [3.05, 3.63) is 47.5 Å². The molecule has 0 saturated carbocycles. The summed E-state index contributed by atoms with van der Waals surface area (Å²) in [6, 6.07) is 4.81. The molecule has 0 unspecified atom stereocenters. The molecule has 0 fully saturated rings. The van der Waals surface area contributed by atoms with Crippen LogP contribution in [0.15, 0.2) is 41.4 Å². The summed E-state index contributed by atoms with van der Waals surface area (Å²) in [5, 5.41) is 0. The van der Waals surface area contributed by atoms with Gasteiger partial charge < -0.3 is 0 Å². The highest BCUT2D eigenvalue weighted by molar-refractivity contribution is 5.34. The third kappa shape index (κ3) is 4.25. The fraction of sp³-hybridized carbons (Fsp3) is 0.250. The van der Waals surface area contributed by atoms with Gasteiger partial charge in [0, 0.05) is 0 Å². The van der Waals surface area contributed by atoms with Gasteiger partial charge in [-0.3, -0.25) is 0 Å². The van der Waals surface area contributed by atoms with Crippen molar-refractivity contribution in [2.24, 2.45) is 4.99 Å². The van der Waals surface area contributed by atoms with Crippen molar-refractivity contribution in [1.82, 2.24) is 0 Å². The van der Waals surface area contributed by atoms with E-state index >= 15 is 0 Å². The molecule has 0 N–H and O–H groups in total. The van der Waals surface area contributed by atoms with Gasteiger partial charge in [0.05, 0.1) is 12.1 Å². The molecule has 2 nitrogen and oxygen atoms in total. The maximum absolute atomic E-state index is 12.3. The molecule has 1 aromatic rings. The first-order valence-electron chi connectivity index (χ1n) is 4.80. The van der Waals surface area contributed by atoms with E-state index in [0.29, 0.717) is 17.6 Å². The Morgan fingerprint density at radius 3 is 2.35 bits per heavy atom. The molecule has 0 radical (unpaired) electrons. The van der Waals surface area contributed by atoms with Gasteiger partial charge >= 0.3 is 6.18 Å². The van der Waals surface area contributed by atoms with Crippen LogP contribution < -0.4 is 0 Å². The molecule has 0 bridgehead atoms. The fourth-order valence-corrected chi connectivity index (χ4v) is 1.30. The van der Waals surface area contributed by atoms with Crippen LogP contribution in [0.5, 0.6) is 0 Å². The zero-order chi connectivity index (χ0) is 12.9. The first kappa shape index (κ1) is 13.2. The van der Waals surface area contributed by atoms with E-state index in [1.54, 1.807) is 0 Å². The van der Waals surface area contributed by atoms with E-state index in [1.807, 2.05) is 0 Å². The Kier molecular flexibility index (Phi) is 4.24. The van der Waals surface area contributed by atoms with Crippen molar-refractivity contribution in [2.45, 2.75) is 12.6 Å². The van der Waals surface area contributed by atoms with Crippen LogP contribution in [0.1, 0.15) is 11.1 Å². The molecule has 17 heavy (non-hydrogen) atoms. The van der Waals surface area contributed by atoms with Gasteiger partial charge in [-0.05, 0) is 24.1 Å². The average molecular weight is 241 g/mol. The van der Waals surface area contributed by atoms with Gasteiger partial charge in [-0.1, -0.05) is 24.3 Å². The second kappa shape index (κ2) is 5.46. The normalized spacial score (nSPS) is 10.8. The summed E-state index contributed by atoms with van der Waals surface area (Å²) < 4.78 is 36.8. The van der Waals surface area contributed by atoms with E-state index in [0.717, 1.165) is 12.1 Å². The Morgan fingerprint density at radius 2 is 1.88 bits per heavy atom. The molecule has 90 valence electrons. The van der Waals surface area contributed by atoms with Crippen LogP contribution >= 0.6 is 0 Å². The van der Waals surface area contributed by atoms with Crippen molar-refractivity contribution >= 4 is 6.08 Å². The monoisotopic (exact) mass is 241 g/mol. The van der Waals surface area contributed by atoms with Crippen LogP contribution in [0, 0.1) is 0 Å². The second-order valence-electron chi connectivity index (χ2n) is 3.53. The van der Waals surface area contributed by atoms with Crippen molar-refractivity contribution in [3.8, 4) is 0 Å². The minimum absolute atomic E-state index is 0.143. The Bertz CT molecular complexity index is 442. The Balaban J connectivity index is 2.69. The zero-order valence-electron chi connectivity index (χ0n) is 8.92. The molecule has 5 heteroatoms. The maximum Gasteiger partial charge on any atom is 0.416 e. The highest BCUT2D eigenvalue weighted by Gasteiger charge is 2.29. The Morgan fingerprint density at radius 1 is 1.29 bits per heavy atom. The maximum atomic E-state index is 12.3. The van der Waals surface area contributed by atoms with Gasteiger partial charge in [-0.25, -0.2) is 9.79 Å². The Labute approximate surface area is 96.5 Å². The first-order valence-corrected chi connectivity index (χ1v) is 4.80. The van der Waals surface area contributed by atoms with E-state index in [2.05, 4.69) is 11.6 Å². The van der Waals surface area contributed by atoms with Crippen LogP contribution in [0.3, 0.4) is 0 Å². The predicted molar refractivity (Wildman–Crippen MR) is 57.3 cm³/mol. The quantitative estimate of drug-likeness (QED) is 0.452. The molecule has 0 aliphatic carbocycles. The molecular weight excluding hydrogens is 231 g/mol. The van der Waals surface area contributed by atoms with E-state index in [4.69, 9.17) is 0 Å². The number of nitrogens with zero attached hydrogens (tertiary/aromatic N) is 1. The molecule has 0 saturated heterocycles. The van der Waals surface area contributed by atoms with E-state index < -0.39 is 11.7 Å². The lowest BCUT2D eigenvalue weighted by Gasteiger charge is -2.07. The molecule has 0 atom stereocenters. The van der Waals surface area contributed by atoms with Crippen LogP contribution in [0.4, 0.5) is 13.2 Å². The lowest BCUT2D eigenvalue weighted by atomic mass is 10.0. The summed E-state index contributed by atoms with van der Waals surface area (Å²) in [6.07, 6.45) is -2.55. The summed E-state index contributed by atoms with van der Waals surface area (Å²) in [4.78, 5) is 13.2. The number of hydrogen-bond acceptors (Lipinski definition) is 2. The topological polar surface area (TPSA) is 29.4 Å². The minimum Gasteiger partial charge on any atom is -0.211 e. The van der Waals surface area contributed by atoms with E-state index in [1.165, 1.54) is 18.2 Å². The number of hydrogen-bond donors (Lipinski definition) is 0. The van der Waals surface area contributed by atoms with Gasteiger partial charge in [-0.2, -0.15) is 13.2 Å². The third-order valence-corrected chi connectivity index (χ3v) is 2.10. The summed E-state index contributed by atoms with van der Waals surface area (Å²) in [5.74, 6) is 0. The fourth-order valence-electron chi connectivity index (χ4n) is 1.30. The van der Waals surface area contributed by atoms with E-state index in [9.17, 15) is 18.0 Å². The van der Waals surface area contributed by atoms with Crippen LogP contribution in [0.2, 0.25) is 0 Å². The number of benzene rings is 1. The SMILES string of the molecule is C=C(CN=C=O)Cc1ccc(C(F)(F)F)cc1. The van der Waals surface area contributed by atoms with Crippen molar-refractivity contribution in [3.63, 3.8) is 0 Å². The summed E-state index contributed by atoms with van der Waals surface area (Å²) in [5.41, 5.74) is 0.662. The molecule has 0 aliphatic heterocycles. The summed E-state index contributed by atoms with van der Waals surface area (Å²) in [7, 11) is 0.